The fourth-order valence-corrected chi connectivity index (χ4v) is 5.48. The van der Waals surface area contributed by atoms with Crippen LogP contribution in [0.15, 0.2) is 57.5 Å². The average Bonchev–Trinajstić information content (AvgIpc) is 2.94. The van der Waals surface area contributed by atoms with Crippen molar-refractivity contribution in [2.75, 3.05) is 19.7 Å². The van der Waals surface area contributed by atoms with Gasteiger partial charge in [-0.1, -0.05) is 40.2 Å². The third-order valence-corrected chi connectivity index (χ3v) is 7.25. The molecule has 5 rings (SSSR count). The van der Waals surface area contributed by atoms with Crippen molar-refractivity contribution in [1.82, 2.24) is 10.3 Å². The second-order valence-electron chi connectivity index (χ2n) is 7.87. The Hall–Kier alpha value is -1.82. The molecule has 4 aromatic rings. The third kappa shape index (κ3) is 3.91. The van der Waals surface area contributed by atoms with Crippen LogP contribution in [-0.4, -0.2) is 24.7 Å². The summed E-state index contributed by atoms with van der Waals surface area (Å²) in [5, 5.41) is 7.31. The van der Waals surface area contributed by atoms with Gasteiger partial charge in [0.1, 0.15) is 5.75 Å². The molecule has 0 saturated carbocycles. The molecule has 0 bridgehead atoms. The molecule has 2 heterocycles. The average molecular weight is 528 g/mol. The minimum absolute atomic E-state index is 0.700. The molecule has 1 aliphatic heterocycles. The summed E-state index contributed by atoms with van der Waals surface area (Å²) in [5.74, 6) is 0.907. The summed E-state index contributed by atoms with van der Waals surface area (Å²) in [6.45, 7) is 2.82. The Labute approximate surface area is 193 Å². The molecule has 2 N–H and O–H groups in total. The van der Waals surface area contributed by atoms with Gasteiger partial charge in [0, 0.05) is 34.0 Å². The highest BCUT2D eigenvalue weighted by Crippen LogP contribution is 2.35. The molecule has 1 aromatic heterocycles. The SMILES string of the molecule is Brc1ccc2c(Br)c(OCCCc3cccc4[nH]c5c(c34)CCNCC5)ccc2c1. The van der Waals surface area contributed by atoms with E-state index in [-0.39, 0.29) is 0 Å². The monoisotopic (exact) mass is 526 g/mol. The van der Waals surface area contributed by atoms with E-state index in [4.69, 9.17) is 4.74 Å². The van der Waals surface area contributed by atoms with Gasteiger partial charge in [-0.3, -0.25) is 0 Å². The molecule has 0 saturated heterocycles. The number of aryl methyl sites for hydroxylation is 1. The lowest BCUT2D eigenvalue weighted by molar-refractivity contribution is 0.310. The van der Waals surface area contributed by atoms with Crippen molar-refractivity contribution >= 4 is 53.5 Å². The Morgan fingerprint density at radius 2 is 1.87 bits per heavy atom. The molecule has 5 heteroatoms. The Balaban J connectivity index is 1.30. The van der Waals surface area contributed by atoms with Gasteiger partial charge in [-0.25, -0.2) is 0 Å². The first-order chi connectivity index (χ1) is 14.7. The highest BCUT2D eigenvalue weighted by molar-refractivity contribution is 9.11. The lowest BCUT2D eigenvalue weighted by Crippen LogP contribution is -2.16. The normalized spacial score (nSPS) is 14.1. The van der Waals surface area contributed by atoms with E-state index in [9.17, 15) is 0 Å². The maximum atomic E-state index is 6.15. The number of aromatic nitrogens is 1. The minimum atomic E-state index is 0.700. The molecule has 0 amide bonds. The van der Waals surface area contributed by atoms with Crippen LogP contribution in [-0.2, 0) is 19.3 Å². The van der Waals surface area contributed by atoms with Crippen LogP contribution in [0.3, 0.4) is 0 Å². The van der Waals surface area contributed by atoms with Crippen molar-refractivity contribution in [3.05, 3.63) is 74.3 Å². The Morgan fingerprint density at radius 1 is 0.967 bits per heavy atom. The Bertz CT molecular complexity index is 1210. The molecule has 1 aliphatic rings. The number of rotatable bonds is 5. The van der Waals surface area contributed by atoms with Crippen LogP contribution in [0.2, 0.25) is 0 Å². The molecule has 0 atom stereocenters. The summed E-state index contributed by atoms with van der Waals surface area (Å²) in [6, 6.07) is 17.1. The number of hydrogen-bond donors (Lipinski definition) is 2. The number of hydrogen-bond acceptors (Lipinski definition) is 2. The lowest BCUT2D eigenvalue weighted by atomic mass is 9.99. The molecule has 0 radical (unpaired) electrons. The predicted octanol–water partition coefficient (Wildman–Crippen LogP) is 6.55. The van der Waals surface area contributed by atoms with Crippen LogP contribution in [0.5, 0.6) is 5.75 Å². The van der Waals surface area contributed by atoms with E-state index in [1.54, 1.807) is 0 Å². The Kier molecular flexibility index (Phi) is 5.85. The number of aromatic amines is 1. The van der Waals surface area contributed by atoms with Gasteiger partial charge in [0.25, 0.3) is 0 Å². The topological polar surface area (TPSA) is 37.0 Å². The molecule has 3 aromatic carbocycles. The van der Waals surface area contributed by atoms with Crippen LogP contribution in [0.25, 0.3) is 21.7 Å². The lowest BCUT2D eigenvalue weighted by Gasteiger charge is -2.11. The van der Waals surface area contributed by atoms with Crippen molar-refractivity contribution < 1.29 is 4.74 Å². The van der Waals surface area contributed by atoms with Crippen LogP contribution < -0.4 is 10.1 Å². The zero-order chi connectivity index (χ0) is 20.5. The smallest absolute Gasteiger partial charge is 0.134 e. The molecule has 0 unspecified atom stereocenters. The zero-order valence-corrected chi connectivity index (χ0v) is 19.9. The number of fused-ring (bicyclic) bond motifs is 4. The van der Waals surface area contributed by atoms with Crippen LogP contribution in [0, 0.1) is 0 Å². The van der Waals surface area contributed by atoms with E-state index in [1.165, 1.54) is 38.5 Å². The van der Waals surface area contributed by atoms with Gasteiger partial charge in [0.05, 0.1) is 11.1 Å². The zero-order valence-electron chi connectivity index (χ0n) is 16.7. The van der Waals surface area contributed by atoms with Gasteiger partial charge in [0.2, 0.25) is 0 Å². The molecular formula is C25H24Br2N2O. The van der Waals surface area contributed by atoms with Gasteiger partial charge in [0.15, 0.2) is 0 Å². The minimum Gasteiger partial charge on any atom is -0.492 e. The maximum absolute atomic E-state index is 6.15. The van der Waals surface area contributed by atoms with Gasteiger partial charge in [-0.15, -0.1) is 0 Å². The number of halogens is 2. The summed E-state index contributed by atoms with van der Waals surface area (Å²) in [6.07, 6.45) is 4.19. The van der Waals surface area contributed by atoms with E-state index in [1.807, 2.05) is 0 Å². The third-order valence-electron chi connectivity index (χ3n) is 5.93. The second-order valence-corrected chi connectivity index (χ2v) is 9.58. The van der Waals surface area contributed by atoms with Gasteiger partial charge < -0.3 is 15.0 Å². The van der Waals surface area contributed by atoms with Crippen molar-refractivity contribution in [2.45, 2.75) is 25.7 Å². The van der Waals surface area contributed by atoms with E-state index in [0.717, 1.165) is 53.5 Å². The second kappa shape index (κ2) is 8.74. The fraction of sp³-hybridized carbons (Fsp3) is 0.280. The van der Waals surface area contributed by atoms with Crippen molar-refractivity contribution in [3.8, 4) is 5.75 Å². The van der Waals surface area contributed by atoms with E-state index in [2.05, 4.69) is 90.7 Å². The summed E-state index contributed by atoms with van der Waals surface area (Å²) >= 11 is 7.27. The summed E-state index contributed by atoms with van der Waals surface area (Å²) in [7, 11) is 0. The van der Waals surface area contributed by atoms with Crippen molar-refractivity contribution in [2.24, 2.45) is 0 Å². The Morgan fingerprint density at radius 3 is 2.80 bits per heavy atom. The van der Waals surface area contributed by atoms with Crippen LogP contribution in [0.4, 0.5) is 0 Å². The molecular weight excluding hydrogens is 504 g/mol. The fourth-order valence-electron chi connectivity index (χ4n) is 4.50. The van der Waals surface area contributed by atoms with Crippen molar-refractivity contribution in [1.29, 1.82) is 0 Å². The van der Waals surface area contributed by atoms with Crippen LogP contribution in [0.1, 0.15) is 23.2 Å². The first-order valence-electron chi connectivity index (χ1n) is 10.5. The van der Waals surface area contributed by atoms with Gasteiger partial charge in [-0.05, 0) is 87.9 Å². The molecule has 0 spiro atoms. The van der Waals surface area contributed by atoms with Crippen LogP contribution >= 0.6 is 31.9 Å². The van der Waals surface area contributed by atoms with E-state index >= 15 is 0 Å². The van der Waals surface area contributed by atoms with Gasteiger partial charge >= 0.3 is 0 Å². The first-order valence-corrected chi connectivity index (χ1v) is 12.1. The molecule has 154 valence electrons. The number of nitrogens with one attached hydrogen (secondary N) is 2. The first kappa shape index (κ1) is 20.1. The number of ether oxygens (including phenoxy) is 1. The standard InChI is InChI=1S/C25H24Br2N2O/c26-18-7-8-19-17(15-18)6-9-23(25(19)27)30-14-2-4-16-3-1-5-22-24(16)20-10-12-28-13-11-21(20)29-22/h1,3,5-9,15,28-29H,2,4,10-14H2. The highest BCUT2D eigenvalue weighted by Gasteiger charge is 2.16. The van der Waals surface area contributed by atoms with E-state index < -0.39 is 0 Å². The predicted molar refractivity (Wildman–Crippen MR) is 132 cm³/mol. The molecule has 0 aliphatic carbocycles. The van der Waals surface area contributed by atoms with E-state index in [0.29, 0.717) is 6.61 Å². The number of benzene rings is 3. The van der Waals surface area contributed by atoms with Crippen molar-refractivity contribution in [3.63, 3.8) is 0 Å². The summed E-state index contributed by atoms with van der Waals surface area (Å²) < 4.78 is 8.26. The summed E-state index contributed by atoms with van der Waals surface area (Å²) in [4.78, 5) is 3.66. The largest absolute Gasteiger partial charge is 0.492 e. The highest BCUT2D eigenvalue weighted by atomic mass is 79.9. The van der Waals surface area contributed by atoms with Gasteiger partial charge in [-0.2, -0.15) is 0 Å². The molecule has 30 heavy (non-hydrogen) atoms. The quantitative estimate of drug-likeness (QED) is 0.289. The maximum Gasteiger partial charge on any atom is 0.134 e. The number of H-pyrrole nitrogens is 1. The summed E-state index contributed by atoms with van der Waals surface area (Å²) in [5.41, 5.74) is 5.63. The molecule has 0 fully saturated rings. The molecule has 3 nitrogen and oxygen atoms in total.